The molecule has 1 fully saturated rings. The number of aliphatic carboxylic acids is 1. The zero-order valence-electron chi connectivity index (χ0n) is 11.8. The minimum Gasteiger partial charge on any atom is -0.478 e. The average molecular weight is 277 g/mol. The summed E-state index contributed by atoms with van der Waals surface area (Å²) in [7, 11) is 2.00. The van der Waals surface area contributed by atoms with Crippen molar-refractivity contribution in [3.63, 3.8) is 0 Å². The molecule has 2 rings (SSSR count). The minimum atomic E-state index is -1.03. The van der Waals surface area contributed by atoms with E-state index in [0.29, 0.717) is 17.7 Å². The molecule has 0 aliphatic heterocycles. The Morgan fingerprint density at radius 1 is 1.55 bits per heavy atom. The molecular formula is C16H20FNO2. The number of benzene rings is 1. The molecule has 0 saturated heterocycles. The molecule has 1 aliphatic carbocycles. The standard InChI is InChI=1S/C16H20FNO2/c1-11-7-14(11)10-18(2)9-13-5-3-12(8-15(13)17)4-6-16(19)20/h3-6,8,11,14H,7,9-10H2,1-2H3,(H,19,20). The molecule has 3 nitrogen and oxygen atoms in total. The Labute approximate surface area is 118 Å². The molecule has 0 radical (unpaired) electrons. The van der Waals surface area contributed by atoms with Crippen molar-refractivity contribution in [1.29, 1.82) is 0 Å². The smallest absolute Gasteiger partial charge is 0.328 e. The normalized spacial score (nSPS) is 21.6. The molecular weight excluding hydrogens is 257 g/mol. The second kappa shape index (κ2) is 6.18. The van der Waals surface area contributed by atoms with Gasteiger partial charge in [0.1, 0.15) is 5.82 Å². The average Bonchev–Trinajstić information content (AvgIpc) is 3.05. The Bertz CT molecular complexity index is 527. The second-order valence-electron chi connectivity index (χ2n) is 5.69. The van der Waals surface area contributed by atoms with Gasteiger partial charge < -0.3 is 10.0 Å². The molecule has 1 aromatic rings. The highest BCUT2D eigenvalue weighted by Gasteiger charge is 2.33. The van der Waals surface area contributed by atoms with Gasteiger partial charge in [0, 0.05) is 24.7 Å². The van der Waals surface area contributed by atoms with Crippen molar-refractivity contribution < 1.29 is 14.3 Å². The van der Waals surface area contributed by atoms with Crippen molar-refractivity contribution in [3.05, 3.63) is 41.2 Å². The summed E-state index contributed by atoms with van der Waals surface area (Å²) in [5.74, 6) is 0.229. The molecule has 0 aromatic heterocycles. The van der Waals surface area contributed by atoms with Crippen LogP contribution >= 0.6 is 0 Å². The summed E-state index contributed by atoms with van der Waals surface area (Å²) in [5, 5.41) is 8.54. The summed E-state index contributed by atoms with van der Waals surface area (Å²) < 4.78 is 14.0. The summed E-state index contributed by atoms with van der Waals surface area (Å²) in [4.78, 5) is 12.6. The van der Waals surface area contributed by atoms with E-state index in [2.05, 4.69) is 11.8 Å². The Hall–Kier alpha value is -1.68. The molecule has 1 N–H and O–H groups in total. The van der Waals surface area contributed by atoms with Crippen LogP contribution in [0.4, 0.5) is 4.39 Å². The van der Waals surface area contributed by atoms with Crippen LogP contribution in [-0.4, -0.2) is 29.6 Å². The highest BCUT2D eigenvalue weighted by molar-refractivity contribution is 5.85. The van der Waals surface area contributed by atoms with Gasteiger partial charge in [0.2, 0.25) is 0 Å². The van der Waals surface area contributed by atoms with E-state index in [-0.39, 0.29) is 5.82 Å². The van der Waals surface area contributed by atoms with Crippen molar-refractivity contribution in [3.8, 4) is 0 Å². The third-order valence-electron chi connectivity index (χ3n) is 3.76. The summed E-state index contributed by atoms with van der Waals surface area (Å²) in [6, 6.07) is 4.84. The van der Waals surface area contributed by atoms with Crippen LogP contribution in [0.2, 0.25) is 0 Å². The Morgan fingerprint density at radius 2 is 2.25 bits per heavy atom. The number of hydrogen-bond acceptors (Lipinski definition) is 2. The van der Waals surface area contributed by atoms with Crippen LogP contribution in [0.3, 0.4) is 0 Å². The third-order valence-corrected chi connectivity index (χ3v) is 3.76. The van der Waals surface area contributed by atoms with Crippen LogP contribution in [0.15, 0.2) is 24.3 Å². The van der Waals surface area contributed by atoms with Gasteiger partial charge in [-0.2, -0.15) is 0 Å². The lowest BCUT2D eigenvalue weighted by molar-refractivity contribution is -0.131. The maximum atomic E-state index is 14.0. The molecule has 0 bridgehead atoms. The number of carboxylic acids is 1. The molecule has 1 saturated carbocycles. The largest absolute Gasteiger partial charge is 0.478 e. The van der Waals surface area contributed by atoms with Gasteiger partial charge in [-0.3, -0.25) is 0 Å². The molecule has 2 unspecified atom stereocenters. The summed E-state index contributed by atoms with van der Waals surface area (Å²) in [5.41, 5.74) is 1.21. The molecule has 1 aromatic carbocycles. The Balaban J connectivity index is 1.96. The van der Waals surface area contributed by atoms with Gasteiger partial charge in [0.05, 0.1) is 0 Å². The van der Waals surface area contributed by atoms with Crippen molar-refractivity contribution >= 4 is 12.0 Å². The second-order valence-corrected chi connectivity index (χ2v) is 5.69. The number of carboxylic acid groups (broad SMARTS) is 1. The van der Waals surface area contributed by atoms with E-state index in [1.54, 1.807) is 12.1 Å². The number of nitrogens with zero attached hydrogens (tertiary/aromatic N) is 1. The molecule has 1 aliphatic rings. The van der Waals surface area contributed by atoms with Crippen molar-refractivity contribution in [1.82, 2.24) is 4.90 Å². The first-order valence-electron chi connectivity index (χ1n) is 6.83. The SMILES string of the molecule is CC1CC1CN(C)Cc1ccc(C=CC(=O)O)cc1F. The predicted molar refractivity (Wildman–Crippen MR) is 76.7 cm³/mol. The van der Waals surface area contributed by atoms with E-state index >= 15 is 0 Å². The summed E-state index contributed by atoms with van der Waals surface area (Å²) in [6.45, 7) is 3.82. The van der Waals surface area contributed by atoms with E-state index in [4.69, 9.17) is 5.11 Å². The molecule has 4 heteroatoms. The van der Waals surface area contributed by atoms with Crippen molar-refractivity contribution in [2.24, 2.45) is 11.8 Å². The van der Waals surface area contributed by atoms with Gasteiger partial charge in [-0.1, -0.05) is 19.1 Å². The van der Waals surface area contributed by atoms with Crippen LogP contribution in [0.25, 0.3) is 6.08 Å². The van der Waals surface area contributed by atoms with Gasteiger partial charge in [-0.25, -0.2) is 9.18 Å². The van der Waals surface area contributed by atoms with Gasteiger partial charge >= 0.3 is 5.97 Å². The number of carbonyl (C=O) groups is 1. The molecule has 0 heterocycles. The van der Waals surface area contributed by atoms with Gasteiger partial charge in [-0.15, -0.1) is 0 Å². The lowest BCUT2D eigenvalue weighted by Gasteiger charge is -2.17. The Morgan fingerprint density at radius 3 is 2.80 bits per heavy atom. The van der Waals surface area contributed by atoms with Gasteiger partial charge in [-0.05, 0) is 43.0 Å². The Kier molecular flexibility index (Phi) is 4.55. The lowest BCUT2D eigenvalue weighted by atomic mass is 10.1. The van der Waals surface area contributed by atoms with Crippen molar-refractivity contribution in [2.45, 2.75) is 19.9 Å². The van der Waals surface area contributed by atoms with Crippen LogP contribution < -0.4 is 0 Å². The first-order chi connectivity index (χ1) is 9.45. The fraction of sp³-hybridized carbons (Fsp3) is 0.438. The maximum absolute atomic E-state index is 14.0. The molecule has 0 amide bonds. The van der Waals surface area contributed by atoms with Crippen LogP contribution in [0.5, 0.6) is 0 Å². The highest BCUT2D eigenvalue weighted by Crippen LogP contribution is 2.38. The predicted octanol–water partition coefficient (Wildman–Crippen LogP) is 3.01. The van der Waals surface area contributed by atoms with E-state index in [0.717, 1.165) is 24.5 Å². The van der Waals surface area contributed by atoms with E-state index in [1.807, 2.05) is 7.05 Å². The van der Waals surface area contributed by atoms with Crippen molar-refractivity contribution in [2.75, 3.05) is 13.6 Å². The molecule has 2 atom stereocenters. The molecule has 108 valence electrons. The van der Waals surface area contributed by atoms with Crippen LogP contribution in [0.1, 0.15) is 24.5 Å². The highest BCUT2D eigenvalue weighted by atomic mass is 19.1. The topological polar surface area (TPSA) is 40.5 Å². The number of rotatable bonds is 6. The summed E-state index contributed by atoms with van der Waals surface area (Å²) in [6.07, 6.45) is 3.67. The fourth-order valence-corrected chi connectivity index (χ4v) is 2.37. The fourth-order valence-electron chi connectivity index (χ4n) is 2.37. The van der Waals surface area contributed by atoms with Gasteiger partial charge in [0.15, 0.2) is 0 Å². The van der Waals surface area contributed by atoms with Gasteiger partial charge in [0.25, 0.3) is 0 Å². The van der Waals surface area contributed by atoms with E-state index in [1.165, 1.54) is 18.6 Å². The van der Waals surface area contributed by atoms with E-state index < -0.39 is 5.97 Å². The summed E-state index contributed by atoms with van der Waals surface area (Å²) >= 11 is 0. The molecule has 0 spiro atoms. The first kappa shape index (κ1) is 14.7. The van der Waals surface area contributed by atoms with Crippen LogP contribution in [-0.2, 0) is 11.3 Å². The van der Waals surface area contributed by atoms with Crippen LogP contribution in [0, 0.1) is 17.7 Å². The minimum absolute atomic E-state index is 0.284. The number of hydrogen-bond donors (Lipinski definition) is 1. The number of halogens is 1. The maximum Gasteiger partial charge on any atom is 0.328 e. The lowest BCUT2D eigenvalue weighted by Crippen LogP contribution is -2.21. The zero-order valence-corrected chi connectivity index (χ0v) is 11.8. The molecule has 20 heavy (non-hydrogen) atoms. The van der Waals surface area contributed by atoms with E-state index in [9.17, 15) is 9.18 Å². The first-order valence-corrected chi connectivity index (χ1v) is 6.83. The monoisotopic (exact) mass is 277 g/mol. The quantitative estimate of drug-likeness (QED) is 0.813. The zero-order chi connectivity index (χ0) is 14.7. The third kappa shape index (κ3) is 4.17.